The maximum Gasteiger partial charge on any atom is 0.433 e. The molecule has 0 aliphatic heterocycles. The van der Waals surface area contributed by atoms with E-state index < -0.39 is 11.9 Å². The zero-order chi connectivity index (χ0) is 13.2. The van der Waals surface area contributed by atoms with Gasteiger partial charge in [-0.3, -0.25) is 4.79 Å². The summed E-state index contributed by atoms with van der Waals surface area (Å²) in [5.74, 6) is -0.671. The number of ketones is 1. The number of halogens is 3. The summed E-state index contributed by atoms with van der Waals surface area (Å²) in [4.78, 5) is 14.8. The molecule has 17 heavy (non-hydrogen) atoms. The molecule has 1 aromatic heterocycles. The van der Waals surface area contributed by atoms with Gasteiger partial charge in [-0.2, -0.15) is 13.2 Å². The summed E-state index contributed by atoms with van der Waals surface area (Å²) in [6.07, 6.45) is -4.38. The number of hydrogen-bond donors (Lipinski definition) is 0. The van der Waals surface area contributed by atoms with Crippen LogP contribution in [0.4, 0.5) is 13.2 Å². The molecule has 0 amide bonds. The number of Topliss-reactive ketones (excluding diaryl/α,β-unsaturated/α-hetero) is 1. The lowest BCUT2D eigenvalue weighted by molar-refractivity contribution is -0.142. The fraction of sp³-hybridized carbons (Fsp3) is 0.500. The molecule has 0 aliphatic rings. The van der Waals surface area contributed by atoms with Gasteiger partial charge in [0, 0.05) is 6.42 Å². The number of hydrogen-bond acceptors (Lipinski definition) is 2. The van der Waals surface area contributed by atoms with Crippen molar-refractivity contribution >= 4 is 5.78 Å². The third-order valence-electron chi connectivity index (χ3n) is 2.42. The highest BCUT2D eigenvalue weighted by atomic mass is 19.4. The Balaban J connectivity index is 3.35. The molecule has 0 saturated carbocycles. The summed E-state index contributed by atoms with van der Waals surface area (Å²) in [5, 5.41) is 0. The largest absolute Gasteiger partial charge is 0.433 e. The molecule has 1 heterocycles. The Morgan fingerprint density at radius 2 is 1.94 bits per heavy atom. The molecule has 0 saturated heterocycles. The van der Waals surface area contributed by atoms with Crippen molar-refractivity contribution in [1.29, 1.82) is 0 Å². The third kappa shape index (κ3) is 3.05. The van der Waals surface area contributed by atoms with Gasteiger partial charge in [-0.05, 0) is 17.5 Å². The van der Waals surface area contributed by atoms with Crippen LogP contribution >= 0.6 is 0 Å². The summed E-state index contributed by atoms with van der Waals surface area (Å²) >= 11 is 0. The van der Waals surface area contributed by atoms with Crippen molar-refractivity contribution in [2.75, 3.05) is 0 Å². The minimum atomic E-state index is -4.52. The normalized spacial score (nSPS) is 11.9. The van der Waals surface area contributed by atoms with E-state index >= 15 is 0 Å². The van der Waals surface area contributed by atoms with Gasteiger partial charge in [0.15, 0.2) is 5.78 Å². The first kappa shape index (κ1) is 13.7. The van der Waals surface area contributed by atoms with Crippen LogP contribution in [0.3, 0.4) is 0 Å². The first-order chi connectivity index (χ1) is 7.77. The van der Waals surface area contributed by atoms with Gasteiger partial charge in [-0.15, -0.1) is 0 Å². The quantitative estimate of drug-likeness (QED) is 0.758. The van der Waals surface area contributed by atoms with Crippen LogP contribution in [0.5, 0.6) is 0 Å². The summed E-state index contributed by atoms with van der Waals surface area (Å²) < 4.78 is 38.3. The molecular formula is C12H14F3NO. The molecule has 5 heteroatoms. The monoisotopic (exact) mass is 245 g/mol. The lowest BCUT2D eigenvalue weighted by Gasteiger charge is -2.15. The minimum Gasteiger partial charge on any atom is -0.292 e. The highest BCUT2D eigenvalue weighted by molar-refractivity contribution is 5.94. The summed E-state index contributed by atoms with van der Waals surface area (Å²) in [7, 11) is 0. The molecule has 94 valence electrons. The fourth-order valence-corrected chi connectivity index (χ4v) is 1.50. The highest BCUT2D eigenvalue weighted by Gasteiger charge is 2.36. The Hall–Kier alpha value is -1.39. The van der Waals surface area contributed by atoms with Gasteiger partial charge in [-0.1, -0.05) is 26.8 Å². The van der Waals surface area contributed by atoms with Crippen molar-refractivity contribution < 1.29 is 18.0 Å². The standard InChI is InChI=1S/C12H14F3NO/c1-4-10(17)9-6-5-8(7(2)3)11(16-9)12(13,14)15/h5-7H,4H2,1-3H3. The second kappa shape index (κ2) is 4.85. The Bertz CT molecular complexity index is 424. The second-order valence-corrected chi connectivity index (χ2v) is 4.06. The van der Waals surface area contributed by atoms with E-state index in [0.717, 1.165) is 0 Å². The van der Waals surface area contributed by atoms with Gasteiger partial charge in [0.05, 0.1) is 0 Å². The number of pyridine rings is 1. The van der Waals surface area contributed by atoms with Gasteiger partial charge in [-0.25, -0.2) is 4.98 Å². The van der Waals surface area contributed by atoms with Crippen molar-refractivity contribution in [2.24, 2.45) is 0 Å². The van der Waals surface area contributed by atoms with Crippen molar-refractivity contribution in [3.8, 4) is 0 Å². The number of nitrogens with zero attached hydrogens (tertiary/aromatic N) is 1. The number of carbonyl (C=O) groups excluding carboxylic acids is 1. The van der Waals surface area contributed by atoms with Gasteiger partial charge < -0.3 is 0 Å². The molecule has 0 atom stereocenters. The molecule has 0 aromatic carbocycles. The number of carbonyl (C=O) groups is 1. The predicted octanol–water partition coefficient (Wildman–Crippen LogP) is 3.82. The maximum atomic E-state index is 12.8. The lowest BCUT2D eigenvalue weighted by atomic mass is 10.00. The van der Waals surface area contributed by atoms with Crippen molar-refractivity contribution in [2.45, 2.75) is 39.3 Å². The lowest BCUT2D eigenvalue weighted by Crippen LogP contribution is -2.15. The highest BCUT2D eigenvalue weighted by Crippen LogP contribution is 2.33. The molecule has 0 spiro atoms. The van der Waals surface area contributed by atoms with E-state index in [-0.39, 0.29) is 29.4 Å². The maximum absolute atomic E-state index is 12.8. The van der Waals surface area contributed by atoms with E-state index in [1.807, 2.05) is 0 Å². The fourth-order valence-electron chi connectivity index (χ4n) is 1.50. The Morgan fingerprint density at radius 3 is 2.35 bits per heavy atom. The van der Waals surface area contributed by atoms with Gasteiger partial charge in [0.1, 0.15) is 11.4 Å². The van der Waals surface area contributed by atoms with Crippen LogP contribution in [0.25, 0.3) is 0 Å². The van der Waals surface area contributed by atoms with Crippen molar-refractivity contribution in [3.05, 3.63) is 29.1 Å². The molecular weight excluding hydrogens is 231 g/mol. The number of aromatic nitrogens is 1. The zero-order valence-corrected chi connectivity index (χ0v) is 9.93. The van der Waals surface area contributed by atoms with Crippen LogP contribution in [-0.4, -0.2) is 10.8 Å². The Labute approximate surface area is 97.9 Å². The topological polar surface area (TPSA) is 30.0 Å². The molecule has 0 N–H and O–H groups in total. The molecule has 0 radical (unpaired) electrons. The average Bonchev–Trinajstić information content (AvgIpc) is 2.25. The van der Waals surface area contributed by atoms with Crippen LogP contribution in [0, 0.1) is 0 Å². The van der Waals surface area contributed by atoms with Crippen LogP contribution < -0.4 is 0 Å². The van der Waals surface area contributed by atoms with E-state index in [1.165, 1.54) is 12.1 Å². The Kier molecular flexibility index (Phi) is 3.91. The number of rotatable bonds is 3. The molecule has 1 aromatic rings. The van der Waals surface area contributed by atoms with Crippen LogP contribution in [0.15, 0.2) is 12.1 Å². The predicted molar refractivity (Wildman–Crippen MR) is 57.9 cm³/mol. The van der Waals surface area contributed by atoms with E-state index in [4.69, 9.17) is 0 Å². The van der Waals surface area contributed by atoms with Gasteiger partial charge >= 0.3 is 6.18 Å². The molecule has 2 nitrogen and oxygen atoms in total. The zero-order valence-electron chi connectivity index (χ0n) is 9.93. The SMILES string of the molecule is CCC(=O)c1ccc(C(C)C)c(C(F)(F)F)n1. The summed E-state index contributed by atoms with van der Waals surface area (Å²) in [5.41, 5.74) is -0.957. The van der Waals surface area contributed by atoms with Gasteiger partial charge in [0.25, 0.3) is 0 Å². The molecule has 0 aliphatic carbocycles. The molecule has 0 bridgehead atoms. The van der Waals surface area contributed by atoms with Crippen LogP contribution in [0.2, 0.25) is 0 Å². The molecule has 0 unspecified atom stereocenters. The van der Waals surface area contributed by atoms with Crippen molar-refractivity contribution in [1.82, 2.24) is 4.98 Å². The van der Waals surface area contributed by atoms with Crippen molar-refractivity contribution in [3.63, 3.8) is 0 Å². The molecule has 1 rings (SSSR count). The van der Waals surface area contributed by atoms with E-state index in [1.54, 1.807) is 20.8 Å². The number of alkyl halides is 3. The first-order valence-corrected chi connectivity index (χ1v) is 5.38. The minimum absolute atomic E-state index is 0.116. The van der Waals surface area contributed by atoms with E-state index in [2.05, 4.69) is 4.98 Å². The second-order valence-electron chi connectivity index (χ2n) is 4.06. The van der Waals surface area contributed by atoms with E-state index in [9.17, 15) is 18.0 Å². The van der Waals surface area contributed by atoms with Crippen LogP contribution in [-0.2, 0) is 6.18 Å². The van der Waals surface area contributed by atoms with Crippen LogP contribution in [0.1, 0.15) is 54.9 Å². The third-order valence-corrected chi connectivity index (χ3v) is 2.42. The van der Waals surface area contributed by atoms with Gasteiger partial charge in [0.2, 0.25) is 0 Å². The Morgan fingerprint density at radius 1 is 1.35 bits per heavy atom. The average molecular weight is 245 g/mol. The molecule has 0 fully saturated rings. The summed E-state index contributed by atoms with van der Waals surface area (Å²) in [6, 6.07) is 2.69. The smallest absolute Gasteiger partial charge is 0.292 e. The first-order valence-electron chi connectivity index (χ1n) is 5.38. The summed E-state index contributed by atoms with van der Waals surface area (Å²) in [6.45, 7) is 4.91. The van der Waals surface area contributed by atoms with E-state index in [0.29, 0.717) is 0 Å².